The number of hydrogen-bond donors (Lipinski definition) is 1. The summed E-state index contributed by atoms with van der Waals surface area (Å²) < 4.78 is 51.9. The second kappa shape index (κ2) is 6.16. The number of amides is 1. The Labute approximate surface area is 140 Å². The van der Waals surface area contributed by atoms with Crippen LogP contribution in [0.1, 0.15) is 21.6 Å². The first-order valence-corrected chi connectivity index (χ1v) is 7.29. The summed E-state index contributed by atoms with van der Waals surface area (Å²) in [5.74, 6) is -1.65. The van der Waals surface area contributed by atoms with E-state index in [0.29, 0.717) is 29.1 Å². The summed E-state index contributed by atoms with van der Waals surface area (Å²) >= 11 is 0. The lowest BCUT2D eigenvalue weighted by Gasteiger charge is -2.11. The summed E-state index contributed by atoms with van der Waals surface area (Å²) in [5.41, 5.74) is 0.122. The fraction of sp³-hybridized carbons (Fsp3) is 0.111. The van der Waals surface area contributed by atoms with Crippen molar-refractivity contribution in [2.75, 3.05) is 5.32 Å². The van der Waals surface area contributed by atoms with Crippen molar-refractivity contribution in [2.45, 2.75) is 13.1 Å². The van der Waals surface area contributed by atoms with E-state index in [2.05, 4.69) is 10.3 Å². The van der Waals surface area contributed by atoms with Crippen LogP contribution in [0.5, 0.6) is 0 Å². The molecule has 3 rings (SSSR count). The van der Waals surface area contributed by atoms with E-state index in [4.69, 9.17) is 0 Å². The number of halogens is 4. The van der Waals surface area contributed by atoms with Gasteiger partial charge in [-0.3, -0.25) is 9.78 Å². The Balaban J connectivity index is 1.91. The van der Waals surface area contributed by atoms with E-state index in [-0.39, 0.29) is 5.56 Å². The molecule has 0 radical (unpaired) electrons. The first-order chi connectivity index (χ1) is 11.7. The van der Waals surface area contributed by atoms with Crippen LogP contribution in [0.15, 0.2) is 48.5 Å². The van der Waals surface area contributed by atoms with Gasteiger partial charge in [-0.25, -0.2) is 4.39 Å². The summed E-state index contributed by atoms with van der Waals surface area (Å²) in [6.07, 6.45) is -4.63. The number of nitrogens with one attached hydrogen (secondary N) is 1. The number of rotatable bonds is 2. The maximum Gasteiger partial charge on any atom is 0.416 e. The Morgan fingerprint density at radius 3 is 2.52 bits per heavy atom. The highest BCUT2D eigenvalue weighted by Gasteiger charge is 2.31. The minimum Gasteiger partial charge on any atom is -0.319 e. The molecule has 0 aliphatic carbocycles. The van der Waals surface area contributed by atoms with Crippen LogP contribution in [0.2, 0.25) is 0 Å². The third-order valence-corrected chi connectivity index (χ3v) is 3.63. The van der Waals surface area contributed by atoms with Crippen molar-refractivity contribution in [3.8, 4) is 0 Å². The van der Waals surface area contributed by atoms with E-state index in [9.17, 15) is 22.4 Å². The van der Waals surface area contributed by atoms with Crippen molar-refractivity contribution >= 4 is 22.5 Å². The van der Waals surface area contributed by atoms with Gasteiger partial charge in [0, 0.05) is 16.6 Å². The van der Waals surface area contributed by atoms with E-state index in [1.54, 1.807) is 24.3 Å². The number of aromatic nitrogens is 1. The summed E-state index contributed by atoms with van der Waals surface area (Å²) in [4.78, 5) is 16.6. The normalized spacial score (nSPS) is 11.6. The molecule has 1 amide bonds. The average molecular weight is 348 g/mol. The molecule has 128 valence electrons. The quantitative estimate of drug-likeness (QED) is 0.666. The van der Waals surface area contributed by atoms with E-state index in [0.717, 1.165) is 5.69 Å². The SMILES string of the molecule is Cc1ccc2cc(C(=O)Nc3cc(C(F)(F)F)ccc3F)ccc2n1. The Morgan fingerprint density at radius 1 is 1.04 bits per heavy atom. The van der Waals surface area contributed by atoms with E-state index in [1.165, 1.54) is 6.07 Å². The van der Waals surface area contributed by atoms with Gasteiger partial charge < -0.3 is 5.32 Å². The molecular formula is C18H12F4N2O. The van der Waals surface area contributed by atoms with Crippen molar-refractivity contribution < 1.29 is 22.4 Å². The third kappa shape index (κ3) is 3.60. The molecule has 0 bridgehead atoms. The lowest BCUT2D eigenvalue weighted by atomic mass is 10.1. The van der Waals surface area contributed by atoms with Crippen LogP contribution in [0.4, 0.5) is 23.2 Å². The lowest BCUT2D eigenvalue weighted by molar-refractivity contribution is -0.137. The lowest BCUT2D eigenvalue weighted by Crippen LogP contribution is -2.14. The summed E-state index contributed by atoms with van der Waals surface area (Å²) in [7, 11) is 0. The van der Waals surface area contributed by atoms with Gasteiger partial charge in [0.15, 0.2) is 0 Å². The monoisotopic (exact) mass is 348 g/mol. The molecule has 0 aliphatic rings. The predicted molar refractivity (Wildman–Crippen MR) is 85.8 cm³/mol. The van der Waals surface area contributed by atoms with Gasteiger partial charge in [-0.2, -0.15) is 13.2 Å². The molecule has 0 fully saturated rings. The molecular weight excluding hydrogens is 336 g/mol. The molecule has 0 aliphatic heterocycles. The molecule has 3 nitrogen and oxygen atoms in total. The van der Waals surface area contributed by atoms with Crippen LogP contribution in [-0.4, -0.2) is 10.9 Å². The van der Waals surface area contributed by atoms with E-state index >= 15 is 0 Å². The molecule has 0 saturated heterocycles. The van der Waals surface area contributed by atoms with Crippen LogP contribution in [0.25, 0.3) is 10.9 Å². The van der Waals surface area contributed by atoms with Crippen molar-refractivity contribution in [1.29, 1.82) is 0 Å². The van der Waals surface area contributed by atoms with Gasteiger partial charge in [-0.05, 0) is 49.4 Å². The number of alkyl halides is 3. The fourth-order valence-corrected chi connectivity index (χ4v) is 2.36. The van der Waals surface area contributed by atoms with Gasteiger partial charge >= 0.3 is 6.18 Å². The summed E-state index contributed by atoms with van der Waals surface area (Å²) in [6, 6.07) is 10.1. The average Bonchev–Trinajstić information content (AvgIpc) is 2.55. The van der Waals surface area contributed by atoms with Crippen molar-refractivity contribution in [3.05, 3.63) is 71.2 Å². The minimum atomic E-state index is -4.63. The fourth-order valence-electron chi connectivity index (χ4n) is 2.36. The number of carbonyl (C=O) groups is 1. The summed E-state index contributed by atoms with van der Waals surface area (Å²) in [5, 5.41) is 2.88. The summed E-state index contributed by atoms with van der Waals surface area (Å²) in [6.45, 7) is 1.83. The minimum absolute atomic E-state index is 0.190. The first kappa shape index (κ1) is 16.9. The Kier molecular flexibility index (Phi) is 4.16. The molecule has 1 heterocycles. The zero-order valence-corrected chi connectivity index (χ0v) is 13.0. The van der Waals surface area contributed by atoms with Gasteiger partial charge in [0.2, 0.25) is 0 Å². The molecule has 3 aromatic rings. The maximum absolute atomic E-state index is 13.7. The predicted octanol–water partition coefficient (Wildman–Crippen LogP) is 4.95. The van der Waals surface area contributed by atoms with Crippen LogP contribution in [0, 0.1) is 12.7 Å². The first-order valence-electron chi connectivity index (χ1n) is 7.29. The standard InChI is InChI=1S/C18H12F4N2O/c1-10-2-3-11-8-12(4-7-15(11)23-10)17(25)24-16-9-13(18(20,21)22)5-6-14(16)19/h2-9H,1H3,(H,24,25). The van der Waals surface area contributed by atoms with Crippen LogP contribution < -0.4 is 5.32 Å². The van der Waals surface area contributed by atoms with Crippen LogP contribution >= 0.6 is 0 Å². The Hall–Kier alpha value is -2.96. The highest BCUT2D eigenvalue weighted by molar-refractivity contribution is 6.06. The molecule has 0 spiro atoms. The number of fused-ring (bicyclic) bond motifs is 1. The zero-order chi connectivity index (χ0) is 18.2. The van der Waals surface area contributed by atoms with Crippen molar-refractivity contribution in [3.63, 3.8) is 0 Å². The molecule has 0 atom stereocenters. The number of aryl methyl sites for hydroxylation is 1. The highest BCUT2D eigenvalue weighted by Crippen LogP contribution is 2.32. The number of hydrogen-bond acceptors (Lipinski definition) is 2. The van der Waals surface area contributed by atoms with Crippen molar-refractivity contribution in [1.82, 2.24) is 4.98 Å². The Bertz CT molecular complexity index is 967. The topological polar surface area (TPSA) is 42.0 Å². The van der Waals surface area contributed by atoms with Crippen molar-refractivity contribution in [2.24, 2.45) is 0 Å². The van der Waals surface area contributed by atoms with Gasteiger partial charge in [-0.15, -0.1) is 0 Å². The van der Waals surface area contributed by atoms with Gasteiger partial charge in [0.05, 0.1) is 16.8 Å². The van der Waals surface area contributed by atoms with Crippen LogP contribution in [0.3, 0.4) is 0 Å². The van der Waals surface area contributed by atoms with Gasteiger partial charge in [0.1, 0.15) is 5.82 Å². The second-order valence-electron chi connectivity index (χ2n) is 5.51. The molecule has 1 N–H and O–H groups in total. The molecule has 2 aromatic carbocycles. The molecule has 0 unspecified atom stereocenters. The number of nitrogens with zero attached hydrogens (tertiary/aromatic N) is 1. The third-order valence-electron chi connectivity index (χ3n) is 3.63. The number of benzene rings is 2. The molecule has 1 aromatic heterocycles. The molecule has 25 heavy (non-hydrogen) atoms. The largest absolute Gasteiger partial charge is 0.416 e. The second-order valence-corrected chi connectivity index (χ2v) is 5.51. The zero-order valence-electron chi connectivity index (χ0n) is 13.0. The molecule has 7 heteroatoms. The highest BCUT2D eigenvalue weighted by atomic mass is 19.4. The number of pyridine rings is 1. The smallest absolute Gasteiger partial charge is 0.319 e. The van der Waals surface area contributed by atoms with Gasteiger partial charge in [-0.1, -0.05) is 6.07 Å². The van der Waals surface area contributed by atoms with E-state index < -0.39 is 29.2 Å². The molecule has 0 saturated carbocycles. The van der Waals surface area contributed by atoms with E-state index in [1.807, 2.05) is 6.92 Å². The number of carbonyl (C=O) groups excluding carboxylic acids is 1. The number of anilines is 1. The maximum atomic E-state index is 13.7. The Morgan fingerprint density at radius 2 is 1.80 bits per heavy atom. The van der Waals surface area contributed by atoms with Crippen LogP contribution in [-0.2, 0) is 6.18 Å². The van der Waals surface area contributed by atoms with Gasteiger partial charge in [0.25, 0.3) is 5.91 Å².